The molecule has 0 atom stereocenters. The van der Waals surface area contributed by atoms with Gasteiger partial charge in [-0.1, -0.05) is 0 Å². The standard InChI is InChI=1S/C13H24N2O2/c1-2-17-13(16)15-9-5-12(6-10-15)11-3-7-14-8-4-11/h11-12,14H,2-10H2,1H3/p+1. The second-order valence-electron chi connectivity index (χ2n) is 5.23. The van der Waals surface area contributed by atoms with Crippen molar-refractivity contribution < 1.29 is 14.8 Å². The molecule has 2 fully saturated rings. The molecule has 2 saturated heterocycles. The van der Waals surface area contributed by atoms with Gasteiger partial charge in [-0.15, -0.1) is 0 Å². The Balaban J connectivity index is 1.75. The van der Waals surface area contributed by atoms with Gasteiger partial charge in [-0.25, -0.2) is 4.79 Å². The highest BCUT2D eigenvalue weighted by Crippen LogP contribution is 2.29. The lowest BCUT2D eigenvalue weighted by molar-refractivity contribution is -0.665. The van der Waals surface area contributed by atoms with Crippen molar-refractivity contribution in [2.75, 3.05) is 32.8 Å². The third-order valence-corrected chi connectivity index (χ3v) is 4.22. The van der Waals surface area contributed by atoms with E-state index in [0.717, 1.165) is 24.9 Å². The van der Waals surface area contributed by atoms with Crippen LogP contribution in [0.1, 0.15) is 32.6 Å². The van der Waals surface area contributed by atoms with E-state index < -0.39 is 0 Å². The van der Waals surface area contributed by atoms with Crippen molar-refractivity contribution in [1.29, 1.82) is 0 Å². The van der Waals surface area contributed by atoms with Crippen molar-refractivity contribution in [3.05, 3.63) is 0 Å². The van der Waals surface area contributed by atoms with Gasteiger partial charge in [0.05, 0.1) is 19.7 Å². The van der Waals surface area contributed by atoms with E-state index in [-0.39, 0.29) is 6.09 Å². The third-order valence-electron chi connectivity index (χ3n) is 4.22. The van der Waals surface area contributed by atoms with Gasteiger partial charge in [-0.05, 0) is 44.4 Å². The van der Waals surface area contributed by atoms with Gasteiger partial charge in [0, 0.05) is 13.1 Å². The SMILES string of the molecule is CCOC(=O)N1CCC(C2CC[NH2+]CC2)CC1. The lowest BCUT2D eigenvalue weighted by Crippen LogP contribution is -2.86. The van der Waals surface area contributed by atoms with Crippen LogP contribution < -0.4 is 5.32 Å². The zero-order chi connectivity index (χ0) is 12.1. The molecule has 1 amide bonds. The highest BCUT2D eigenvalue weighted by atomic mass is 16.6. The van der Waals surface area contributed by atoms with Crippen LogP contribution in [0, 0.1) is 11.8 Å². The van der Waals surface area contributed by atoms with E-state index in [9.17, 15) is 4.79 Å². The zero-order valence-electron chi connectivity index (χ0n) is 10.9. The average molecular weight is 241 g/mol. The van der Waals surface area contributed by atoms with Gasteiger partial charge in [0.2, 0.25) is 0 Å². The van der Waals surface area contributed by atoms with Crippen LogP contribution in [0.3, 0.4) is 0 Å². The van der Waals surface area contributed by atoms with Crippen molar-refractivity contribution in [3.8, 4) is 0 Å². The van der Waals surface area contributed by atoms with Gasteiger partial charge in [0.1, 0.15) is 0 Å². The smallest absolute Gasteiger partial charge is 0.409 e. The number of nitrogens with zero attached hydrogens (tertiary/aromatic N) is 1. The first kappa shape index (κ1) is 12.7. The fourth-order valence-corrected chi connectivity index (χ4v) is 3.19. The molecule has 0 saturated carbocycles. The Kier molecular flexibility index (Phi) is 4.66. The number of carbonyl (C=O) groups is 1. The predicted octanol–water partition coefficient (Wildman–Crippen LogP) is 0.828. The maximum absolute atomic E-state index is 11.6. The summed E-state index contributed by atoms with van der Waals surface area (Å²) in [6.07, 6.45) is 4.95. The number of carbonyl (C=O) groups excluding carboxylic acids is 1. The summed E-state index contributed by atoms with van der Waals surface area (Å²) in [7, 11) is 0. The number of ether oxygens (including phenoxy) is 1. The van der Waals surface area contributed by atoms with Crippen LogP contribution >= 0.6 is 0 Å². The fourth-order valence-electron chi connectivity index (χ4n) is 3.19. The number of piperidine rings is 2. The van der Waals surface area contributed by atoms with E-state index in [0.29, 0.717) is 6.61 Å². The lowest BCUT2D eigenvalue weighted by Gasteiger charge is -2.36. The molecule has 0 radical (unpaired) electrons. The largest absolute Gasteiger partial charge is 0.450 e. The first-order chi connectivity index (χ1) is 8.31. The Bertz CT molecular complexity index is 244. The maximum Gasteiger partial charge on any atom is 0.409 e. The molecule has 4 heteroatoms. The highest BCUT2D eigenvalue weighted by Gasteiger charge is 2.30. The minimum Gasteiger partial charge on any atom is -0.450 e. The maximum atomic E-state index is 11.6. The zero-order valence-corrected chi connectivity index (χ0v) is 10.9. The summed E-state index contributed by atoms with van der Waals surface area (Å²) in [4.78, 5) is 13.4. The molecule has 2 rings (SSSR count). The second kappa shape index (κ2) is 6.24. The minimum atomic E-state index is -0.122. The van der Waals surface area contributed by atoms with E-state index in [1.165, 1.54) is 38.8 Å². The summed E-state index contributed by atoms with van der Waals surface area (Å²) in [5.74, 6) is 1.75. The van der Waals surface area contributed by atoms with Crippen molar-refractivity contribution in [2.24, 2.45) is 11.8 Å². The van der Waals surface area contributed by atoms with Gasteiger partial charge in [-0.3, -0.25) is 0 Å². The number of quaternary nitrogens is 1. The third kappa shape index (κ3) is 3.35. The van der Waals surface area contributed by atoms with Crippen LogP contribution in [-0.4, -0.2) is 43.8 Å². The van der Waals surface area contributed by atoms with Gasteiger partial charge >= 0.3 is 6.09 Å². The average Bonchev–Trinajstić information content (AvgIpc) is 2.40. The Morgan fingerprint density at radius 1 is 1.18 bits per heavy atom. The number of hydrogen-bond donors (Lipinski definition) is 1. The van der Waals surface area contributed by atoms with E-state index in [2.05, 4.69) is 5.32 Å². The van der Waals surface area contributed by atoms with Crippen molar-refractivity contribution in [2.45, 2.75) is 32.6 Å². The molecule has 17 heavy (non-hydrogen) atoms. The van der Waals surface area contributed by atoms with Crippen LogP contribution in [0.4, 0.5) is 4.79 Å². The number of likely N-dealkylation sites (tertiary alicyclic amines) is 1. The molecular formula is C13H25N2O2+. The molecule has 98 valence electrons. The molecule has 0 aromatic rings. The van der Waals surface area contributed by atoms with Crippen LogP contribution in [-0.2, 0) is 4.74 Å². The number of rotatable bonds is 2. The fraction of sp³-hybridized carbons (Fsp3) is 0.923. The molecule has 2 aliphatic heterocycles. The van der Waals surface area contributed by atoms with E-state index in [4.69, 9.17) is 4.74 Å². The molecule has 0 bridgehead atoms. The normalized spacial score (nSPS) is 23.7. The first-order valence-electron chi connectivity index (χ1n) is 7.04. The van der Waals surface area contributed by atoms with Crippen molar-refractivity contribution >= 4 is 6.09 Å². The molecule has 2 heterocycles. The topological polar surface area (TPSA) is 46.1 Å². The van der Waals surface area contributed by atoms with Gasteiger partial charge in [-0.2, -0.15) is 0 Å². The highest BCUT2D eigenvalue weighted by molar-refractivity contribution is 5.67. The van der Waals surface area contributed by atoms with Crippen LogP contribution in [0.5, 0.6) is 0 Å². The lowest BCUT2D eigenvalue weighted by atomic mass is 9.79. The van der Waals surface area contributed by atoms with Crippen molar-refractivity contribution in [3.63, 3.8) is 0 Å². The Morgan fingerprint density at radius 3 is 2.35 bits per heavy atom. The Hall–Kier alpha value is -0.770. The number of nitrogens with two attached hydrogens (primary N) is 1. The summed E-state index contributed by atoms with van der Waals surface area (Å²) in [5, 5.41) is 2.42. The quantitative estimate of drug-likeness (QED) is 0.778. The first-order valence-corrected chi connectivity index (χ1v) is 7.04. The number of amides is 1. The molecule has 0 aromatic heterocycles. The second-order valence-corrected chi connectivity index (χ2v) is 5.23. The minimum absolute atomic E-state index is 0.122. The van der Waals surface area contributed by atoms with Crippen LogP contribution in [0.2, 0.25) is 0 Å². The van der Waals surface area contributed by atoms with E-state index >= 15 is 0 Å². The summed E-state index contributed by atoms with van der Waals surface area (Å²) in [6, 6.07) is 0. The summed E-state index contributed by atoms with van der Waals surface area (Å²) >= 11 is 0. The molecule has 2 aliphatic rings. The summed E-state index contributed by atoms with van der Waals surface area (Å²) in [5.41, 5.74) is 0. The Morgan fingerprint density at radius 2 is 1.76 bits per heavy atom. The number of hydrogen-bond acceptors (Lipinski definition) is 2. The molecule has 0 aromatic carbocycles. The monoisotopic (exact) mass is 241 g/mol. The summed E-state index contributed by atoms with van der Waals surface area (Å²) < 4.78 is 5.04. The van der Waals surface area contributed by atoms with Gasteiger partial charge in [0.25, 0.3) is 0 Å². The Labute approximate surface area is 104 Å². The van der Waals surface area contributed by atoms with Crippen molar-refractivity contribution in [1.82, 2.24) is 4.90 Å². The summed E-state index contributed by atoms with van der Waals surface area (Å²) in [6.45, 7) is 6.72. The van der Waals surface area contributed by atoms with Crippen LogP contribution in [0.15, 0.2) is 0 Å². The van der Waals surface area contributed by atoms with Gasteiger partial charge in [0.15, 0.2) is 0 Å². The molecule has 2 N–H and O–H groups in total. The molecular weight excluding hydrogens is 216 g/mol. The molecule has 0 spiro atoms. The van der Waals surface area contributed by atoms with Gasteiger partial charge < -0.3 is 15.0 Å². The predicted molar refractivity (Wildman–Crippen MR) is 65.7 cm³/mol. The molecule has 0 aliphatic carbocycles. The van der Waals surface area contributed by atoms with Crippen LogP contribution in [0.25, 0.3) is 0 Å². The van der Waals surface area contributed by atoms with E-state index in [1.807, 2.05) is 11.8 Å². The molecule has 4 nitrogen and oxygen atoms in total. The molecule has 0 unspecified atom stereocenters. The van der Waals surface area contributed by atoms with E-state index in [1.54, 1.807) is 0 Å².